The van der Waals surface area contributed by atoms with E-state index in [9.17, 15) is 18.0 Å². The Kier molecular flexibility index (Phi) is 6.71. The SMILES string of the molecule is CN(CCN1CCN(c2ccc(C(F)(F)F)cc2)CC1)C(=O)c1ccc2c(c1)CCOC2. The zero-order valence-corrected chi connectivity index (χ0v) is 18.2. The van der Waals surface area contributed by atoms with Crippen LogP contribution in [0.5, 0.6) is 0 Å². The first-order chi connectivity index (χ1) is 15.3. The van der Waals surface area contributed by atoms with E-state index in [2.05, 4.69) is 9.80 Å². The number of alkyl halides is 3. The van der Waals surface area contributed by atoms with E-state index < -0.39 is 11.7 Å². The third-order valence-electron chi connectivity index (χ3n) is 6.26. The van der Waals surface area contributed by atoms with E-state index in [-0.39, 0.29) is 5.91 Å². The summed E-state index contributed by atoms with van der Waals surface area (Å²) < 4.78 is 43.7. The predicted octanol–water partition coefficient (Wildman–Crippen LogP) is 3.67. The maximum Gasteiger partial charge on any atom is 0.416 e. The van der Waals surface area contributed by atoms with Crippen LogP contribution < -0.4 is 4.90 Å². The van der Waals surface area contributed by atoms with E-state index in [4.69, 9.17) is 4.74 Å². The summed E-state index contributed by atoms with van der Waals surface area (Å²) in [6.45, 7) is 5.80. The third kappa shape index (κ3) is 5.24. The predicted molar refractivity (Wildman–Crippen MR) is 117 cm³/mol. The molecule has 0 unspecified atom stereocenters. The van der Waals surface area contributed by atoms with Gasteiger partial charge in [-0.15, -0.1) is 0 Å². The first-order valence-electron chi connectivity index (χ1n) is 10.9. The molecule has 2 aromatic carbocycles. The monoisotopic (exact) mass is 447 g/mol. The summed E-state index contributed by atoms with van der Waals surface area (Å²) in [4.78, 5) is 19.0. The Labute approximate surface area is 186 Å². The number of fused-ring (bicyclic) bond motifs is 1. The maximum atomic E-state index is 12.8. The number of rotatable bonds is 5. The van der Waals surface area contributed by atoms with Gasteiger partial charge in [-0.2, -0.15) is 13.2 Å². The maximum absolute atomic E-state index is 12.8. The standard InChI is InChI=1S/C24H28F3N3O2/c1-28(23(31)19-2-3-20-17-32-15-8-18(20)16-19)9-10-29-11-13-30(14-12-29)22-6-4-21(5-7-22)24(25,26)27/h2-7,16H,8-15,17H2,1H3. The van der Waals surface area contributed by atoms with Crippen molar-refractivity contribution in [2.75, 3.05) is 57.8 Å². The second kappa shape index (κ2) is 9.50. The van der Waals surface area contributed by atoms with Gasteiger partial charge in [0.15, 0.2) is 0 Å². The van der Waals surface area contributed by atoms with Crippen LogP contribution >= 0.6 is 0 Å². The molecule has 4 rings (SSSR count). The van der Waals surface area contributed by atoms with Crippen LogP contribution in [-0.4, -0.2) is 68.6 Å². The highest BCUT2D eigenvalue weighted by Crippen LogP contribution is 2.30. The van der Waals surface area contributed by atoms with Gasteiger partial charge >= 0.3 is 6.18 Å². The molecule has 0 N–H and O–H groups in total. The highest BCUT2D eigenvalue weighted by molar-refractivity contribution is 5.94. The number of carbonyl (C=O) groups is 1. The fourth-order valence-electron chi connectivity index (χ4n) is 4.20. The van der Waals surface area contributed by atoms with Crippen molar-refractivity contribution in [3.8, 4) is 0 Å². The molecule has 0 aliphatic carbocycles. The molecule has 0 atom stereocenters. The van der Waals surface area contributed by atoms with Gasteiger partial charge in [0.2, 0.25) is 0 Å². The van der Waals surface area contributed by atoms with E-state index in [0.29, 0.717) is 25.3 Å². The van der Waals surface area contributed by atoms with Crippen LogP contribution in [0.4, 0.5) is 18.9 Å². The molecule has 0 bridgehead atoms. The zero-order valence-electron chi connectivity index (χ0n) is 18.2. The number of piperazine rings is 1. The van der Waals surface area contributed by atoms with Gasteiger partial charge in [0.05, 0.1) is 18.8 Å². The summed E-state index contributed by atoms with van der Waals surface area (Å²) in [5, 5.41) is 0. The highest BCUT2D eigenvalue weighted by Gasteiger charge is 2.30. The van der Waals surface area contributed by atoms with Gasteiger partial charge < -0.3 is 14.5 Å². The fourth-order valence-corrected chi connectivity index (χ4v) is 4.20. The summed E-state index contributed by atoms with van der Waals surface area (Å²) in [6.07, 6.45) is -3.47. The number of halogens is 3. The van der Waals surface area contributed by atoms with Crippen molar-refractivity contribution in [2.45, 2.75) is 19.2 Å². The lowest BCUT2D eigenvalue weighted by Gasteiger charge is -2.36. The lowest BCUT2D eigenvalue weighted by molar-refractivity contribution is -0.137. The van der Waals surface area contributed by atoms with Crippen molar-refractivity contribution in [1.29, 1.82) is 0 Å². The fraction of sp³-hybridized carbons (Fsp3) is 0.458. The van der Waals surface area contributed by atoms with E-state index >= 15 is 0 Å². The molecule has 1 amide bonds. The lowest BCUT2D eigenvalue weighted by Crippen LogP contribution is -2.48. The number of hydrogen-bond acceptors (Lipinski definition) is 4. The molecule has 2 heterocycles. The average molecular weight is 448 g/mol. The van der Waals surface area contributed by atoms with Crippen molar-refractivity contribution in [1.82, 2.24) is 9.80 Å². The first-order valence-corrected chi connectivity index (χ1v) is 10.9. The number of likely N-dealkylation sites (N-methyl/N-ethyl adjacent to an activating group) is 1. The number of benzene rings is 2. The number of nitrogens with zero attached hydrogens (tertiary/aromatic N) is 3. The van der Waals surface area contributed by atoms with E-state index in [1.807, 2.05) is 25.2 Å². The quantitative estimate of drug-likeness (QED) is 0.701. The number of amides is 1. The Morgan fingerprint density at radius 1 is 1.03 bits per heavy atom. The van der Waals surface area contributed by atoms with Crippen LogP contribution in [0.25, 0.3) is 0 Å². The van der Waals surface area contributed by atoms with Gasteiger partial charge in [-0.3, -0.25) is 9.69 Å². The van der Waals surface area contributed by atoms with Gasteiger partial charge in [0.1, 0.15) is 0 Å². The van der Waals surface area contributed by atoms with Crippen molar-refractivity contribution in [2.24, 2.45) is 0 Å². The molecular formula is C24H28F3N3O2. The Morgan fingerprint density at radius 3 is 2.44 bits per heavy atom. The van der Waals surface area contributed by atoms with Crippen molar-refractivity contribution >= 4 is 11.6 Å². The number of hydrogen-bond donors (Lipinski definition) is 0. The zero-order chi connectivity index (χ0) is 22.7. The molecule has 2 aliphatic heterocycles. The number of ether oxygens (including phenoxy) is 1. The molecule has 5 nitrogen and oxygen atoms in total. The summed E-state index contributed by atoms with van der Waals surface area (Å²) in [5.74, 6) is 0.0164. The Morgan fingerprint density at radius 2 is 1.75 bits per heavy atom. The highest BCUT2D eigenvalue weighted by atomic mass is 19.4. The lowest BCUT2D eigenvalue weighted by atomic mass is 10.00. The topological polar surface area (TPSA) is 36.0 Å². The summed E-state index contributed by atoms with van der Waals surface area (Å²) in [6, 6.07) is 11.2. The second-order valence-corrected chi connectivity index (χ2v) is 8.39. The van der Waals surface area contributed by atoms with Crippen molar-refractivity contribution < 1.29 is 22.7 Å². The minimum Gasteiger partial charge on any atom is -0.376 e. The van der Waals surface area contributed by atoms with Crippen LogP contribution in [0.2, 0.25) is 0 Å². The van der Waals surface area contributed by atoms with Crippen molar-refractivity contribution in [3.05, 3.63) is 64.7 Å². The molecular weight excluding hydrogens is 419 g/mol. The molecule has 0 radical (unpaired) electrons. The Balaban J connectivity index is 1.25. The van der Waals surface area contributed by atoms with Crippen LogP contribution in [0.3, 0.4) is 0 Å². The summed E-state index contributed by atoms with van der Waals surface area (Å²) in [5.41, 5.74) is 3.24. The normalized spacial score (nSPS) is 17.2. The second-order valence-electron chi connectivity index (χ2n) is 8.39. The van der Waals surface area contributed by atoms with Gasteiger partial charge in [0.25, 0.3) is 5.91 Å². The molecule has 172 valence electrons. The Bertz CT molecular complexity index is 938. The molecule has 32 heavy (non-hydrogen) atoms. The minimum absolute atomic E-state index is 0.0164. The largest absolute Gasteiger partial charge is 0.416 e. The van der Waals surface area contributed by atoms with Gasteiger partial charge in [0, 0.05) is 57.6 Å². The molecule has 0 aromatic heterocycles. The molecule has 2 aliphatic rings. The molecule has 0 spiro atoms. The van der Waals surface area contributed by atoms with Gasteiger partial charge in [-0.25, -0.2) is 0 Å². The molecule has 2 aromatic rings. The van der Waals surface area contributed by atoms with E-state index in [0.717, 1.165) is 62.5 Å². The first kappa shape index (κ1) is 22.6. The van der Waals surface area contributed by atoms with Crippen LogP contribution in [0.1, 0.15) is 27.0 Å². The number of anilines is 1. The Hall–Kier alpha value is -2.58. The minimum atomic E-state index is -4.31. The van der Waals surface area contributed by atoms with Gasteiger partial charge in [-0.1, -0.05) is 6.07 Å². The van der Waals surface area contributed by atoms with Crippen LogP contribution in [-0.2, 0) is 23.9 Å². The van der Waals surface area contributed by atoms with E-state index in [1.165, 1.54) is 17.7 Å². The molecule has 1 fully saturated rings. The summed E-state index contributed by atoms with van der Waals surface area (Å²) in [7, 11) is 1.82. The molecule has 1 saturated heterocycles. The molecule has 0 saturated carbocycles. The smallest absolute Gasteiger partial charge is 0.376 e. The van der Waals surface area contributed by atoms with Gasteiger partial charge in [-0.05, 0) is 53.9 Å². The van der Waals surface area contributed by atoms with E-state index in [1.54, 1.807) is 4.90 Å². The molecule has 8 heteroatoms. The summed E-state index contributed by atoms with van der Waals surface area (Å²) >= 11 is 0. The average Bonchev–Trinajstić information content (AvgIpc) is 2.81. The van der Waals surface area contributed by atoms with Crippen LogP contribution in [0.15, 0.2) is 42.5 Å². The number of carbonyl (C=O) groups excluding carboxylic acids is 1. The van der Waals surface area contributed by atoms with Crippen molar-refractivity contribution in [3.63, 3.8) is 0 Å². The third-order valence-corrected chi connectivity index (χ3v) is 6.26. The van der Waals surface area contributed by atoms with Crippen LogP contribution in [0, 0.1) is 0 Å².